The van der Waals surface area contributed by atoms with Crippen molar-refractivity contribution in [3.05, 3.63) is 59.7 Å². The summed E-state index contributed by atoms with van der Waals surface area (Å²) in [6, 6.07) is 14.0. The number of halogens is 3. The summed E-state index contributed by atoms with van der Waals surface area (Å²) in [5, 5.41) is 0. The van der Waals surface area contributed by atoms with Crippen molar-refractivity contribution in [2.45, 2.75) is 45.0 Å². The lowest BCUT2D eigenvalue weighted by Gasteiger charge is -2.38. The highest BCUT2D eigenvalue weighted by Gasteiger charge is 2.44. The molecule has 1 saturated heterocycles. The topological polar surface area (TPSA) is 21.7 Å². The third kappa shape index (κ3) is 4.75. The second-order valence-electron chi connectivity index (χ2n) is 8.37. The standard InChI is InChI=1S/C24H28F3NO2/c1-2-12-29-22-13-20(24(25,26)27)10-11-21(22)30-23-18-8-9-19(23)16-28(15-18)14-17-6-4-3-5-7-17/h3-7,10-11,13,18-19,23H,2,8-9,12,14-16H2,1H3/t18-,19+,23-. The van der Waals surface area contributed by atoms with Crippen molar-refractivity contribution in [1.29, 1.82) is 0 Å². The van der Waals surface area contributed by atoms with Gasteiger partial charge in [-0.1, -0.05) is 37.3 Å². The van der Waals surface area contributed by atoms with Crippen molar-refractivity contribution in [3.8, 4) is 11.5 Å². The molecule has 162 valence electrons. The van der Waals surface area contributed by atoms with Crippen LogP contribution in [-0.2, 0) is 12.7 Å². The molecule has 1 aliphatic heterocycles. The molecular formula is C24H28F3NO2. The van der Waals surface area contributed by atoms with Gasteiger partial charge in [0.05, 0.1) is 12.2 Å². The van der Waals surface area contributed by atoms with Crippen molar-refractivity contribution in [2.24, 2.45) is 11.8 Å². The van der Waals surface area contributed by atoms with Gasteiger partial charge in [-0.05, 0) is 43.0 Å². The fourth-order valence-corrected chi connectivity index (χ4v) is 4.69. The molecule has 0 N–H and O–H groups in total. The molecule has 0 radical (unpaired) electrons. The van der Waals surface area contributed by atoms with E-state index in [-0.39, 0.29) is 11.9 Å². The van der Waals surface area contributed by atoms with E-state index in [0.29, 0.717) is 24.2 Å². The minimum Gasteiger partial charge on any atom is -0.490 e. The third-order valence-electron chi connectivity index (χ3n) is 6.07. The van der Waals surface area contributed by atoms with Gasteiger partial charge in [-0.2, -0.15) is 13.2 Å². The van der Waals surface area contributed by atoms with E-state index in [1.54, 1.807) is 0 Å². The molecule has 0 amide bonds. The Hall–Kier alpha value is -2.21. The summed E-state index contributed by atoms with van der Waals surface area (Å²) in [5.41, 5.74) is 0.593. The van der Waals surface area contributed by atoms with Gasteiger partial charge in [0, 0.05) is 31.5 Å². The average Bonchev–Trinajstić information content (AvgIpc) is 2.95. The van der Waals surface area contributed by atoms with Crippen LogP contribution >= 0.6 is 0 Å². The van der Waals surface area contributed by atoms with E-state index in [1.807, 2.05) is 13.0 Å². The van der Waals surface area contributed by atoms with E-state index in [4.69, 9.17) is 9.47 Å². The first kappa shape index (κ1) is 21.0. The highest BCUT2D eigenvalue weighted by molar-refractivity contribution is 5.44. The van der Waals surface area contributed by atoms with E-state index in [2.05, 4.69) is 29.2 Å². The normalized spacial score (nSPS) is 24.1. The summed E-state index contributed by atoms with van der Waals surface area (Å²) >= 11 is 0. The summed E-state index contributed by atoms with van der Waals surface area (Å²) < 4.78 is 51.3. The molecule has 2 aromatic carbocycles. The number of piperidine rings is 1. The predicted molar refractivity (Wildman–Crippen MR) is 110 cm³/mol. The number of hydrogen-bond acceptors (Lipinski definition) is 3. The van der Waals surface area contributed by atoms with Crippen LogP contribution in [0.25, 0.3) is 0 Å². The second-order valence-corrected chi connectivity index (χ2v) is 8.37. The van der Waals surface area contributed by atoms with E-state index in [1.165, 1.54) is 11.6 Å². The molecule has 2 aliphatic rings. The number of likely N-dealkylation sites (tertiary alicyclic amines) is 1. The fourth-order valence-electron chi connectivity index (χ4n) is 4.69. The van der Waals surface area contributed by atoms with Crippen LogP contribution in [0, 0.1) is 11.8 Å². The lowest BCUT2D eigenvalue weighted by atomic mass is 9.94. The van der Waals surface area contributed by atoms with Crippen LogP contribution in [0.3, 0.4) is 0 Å². The smallest absolute Gasteiger partial charge is 0.416 e. The molecule has 1 saturated carbocycles. The summed E-state index contributed by atoms with van der Waals surface area (Å²) in [7, 11) is 0. The zero-order chi connectivity index (χ0) is 21.1. The molecule has 1 aliphatic carbocycles. The quantitative estimate of drug-likeness (QED) is 0.568. The predicted octanol–water partition coefficient (Wildman–Crippen LogP) is 5.78. The molecule has 30 heavy (non-hydrogen) atoms. The monoisotopic (exact) mass is 419 g/mol. The van der Waals surface area contributed by atoms with Crippen molar-refractivity contribution in [2.75, 3.05) is 19.7 Å². The molecule has 3 nitrogen and oxygen atoms in total. The van der Waals surface area contributed by atoms with Crippen LogP contribution in [-0.4, -0.2) is 30.7 Å². The molecular weight excluding hydrogens is 391 g/mol. The van der Waals surface area contributed by atoms with Gasteiger partial charge in [-0.15, -0.1) is 0 Å². The van der Waals surface area contributed by atoms with Gasteiger partial charge in [-0.25, -0.2) is 0 Å². The Morgan fingerprint density at radius 3 is 2.30 bits per heavy atom. The molecule has 2 aromatic rings. The van der Waals surface area contributed by atoms with Gasteiger partial charge in [0.2, 0.25) is 0 Å². The van der Waals surface area contributed by atoms with Crippen LogP contribution < -0.4 is 9.47 Å². The molecule has 1 heterocycles. The summed E-state index contributed by atoms with van der Waals surface area (Å²) in [5.74, 6) is 1.38. The van der Waals surface area contributed by atoms with Gasteiger partial charge in [0.25, 0.3) is 0 Å². The highest BCUT2D eigenvalue weighted by Crippen LogP contribution is 2.43. The molecule has 2 bridgehead atoms. The fraction of sp³-hybridized carbons (Fsp3) is 0.500. The minimum absolute atomic E-state index is 0.0257. The number of nitrogens with zero attached hydrogens (tertiary/aromatic N) is 1. The zero-order valence-electron chi connectivity index (χ0n) is 17.2. The summed E-state index contributed by atoms with van der Waals surface area (Å²) in [6.45, 7) is 5.10. The number of alkyl halides is 3. The highest BCUT2D eigenvalue weighted by atomic mass is 19.4. The average molecular weight is 419 g/mol. The van der Waals surface area contributed by atoms with Gasteiger partial charge in [-0.3, -0.25) is 4.90 Å². The first-order valence-corrected chi connectivity index (χ1v) is 10.7. The second kappa shape index (κ2) is 8.88. The Balaban J connectivity index is 1.47. The number of benzene rings is 2. The molecule has 6 heteroatoms. The largest absolute Gasteiger partial charge is 0.490 e. The maximum Gasteiger partial charge on any atom is 0.416 e. The lowest BCUT2D eigenvalue weighted by molar-refractivity contribution is -0.137. The maximum atomic E-state index is 13.1. The van der Waals surface area contributed by atoms with Crippen LogP contribution in [0.5, 0.6) is 11.5 Å². The van der Waals surface area contributed by atoms with Gasteiger partial charge in [0.1, 0.15) is 6.10 Å². The molecule has 2 fully saturated rings. The number of ether oxygens (including phenoxy) is 2. The minimum atomic E-state index is -4.40. The number of rotatable bonds is 7. The van der Waals surface area contributed by atoms with E-state index in [9.17, 15) is 13.2 Å². The number of hydrogen-bond donors (Lipinski definition) is 0. The van der Waals surface area contributed by atoms with Crippen LogP contribution in [0.4, 0.5) is 13.2 Å². The summed E-state index contributed by atoms with van der Waals surface area (Å²) in [6.07, 6.45) is -1.47. The SMILES string of the molecule is CCCOc1cc(C(F)(F)F)ccc1O[C@@H]1[C@@H]2CC[C@H]1CN(Cc1ccccc1)C2. The Labute approximate surface area is 175 Å². The summed E-state index contributed by atoms with van der Waals surface area (Å²) in [4.78, 5) is 2.47. The Bertz CT molecular complexity index is 826. The Kier molecular flexibility index (Phi) is 6.23. The zero-order valence-corrected chi connectivity index (χ0v) is 17.2. The molecule has 0 spiro atoms. The maximum absolute atomic E-state index is 13.1. The van der Waals surface area contributed by atoms with Crippen LogP contribution in [0.1, 0.15) is 37.3 Å². The Morgan fingerprint density at radius 1 is 0.967 bits per heavy atom. The van der Waals surface area contributed by atoms with Gasteiger partial charge in [0.15, 0.2) is 11.5 Å². The van der Waals surface area contributed by atoms with Crippen molar-refractivity contribution < 1.29 is 22.6 Å². The van der Waals surface area contributed by atoms with E-state index in [0.717, 1.165) is 51.0 Å². The molecule has 3 atom stereocenters. The molecule has 0 aromatic heterocycles. The lowest BCUT2D eigenvalue weighted by Crippen LogP contribution is -2.46. The van der Waals surface area contributed by atoms with Crippen molar-refractivity contribution in [1.82, 2.24) is 4.90 Å². The van der Waals surface area contributed by atoms with Gasteiger partial charge < -0.3 is 9.47 Å². The molecule has 4 rings (SSSR count). The van der Waals surface area contributed by atoms with Crippen molar-refractivity contribution >= 4 is 0 Å². The third-order valence-corrected chi connectivity index (χ3v) is 6.07. The van der Waals surface area contributed by atoms with E-state index < -0.39 is 11.7 Å². The van der Waals surface area contributed by atoms with Gasteiger partial charge >= 0.3 is 6.18 Å². The molecule has 0 unspecified atom stereocenters. The van der Waals surface area contributed by atoms with Crippen LogP contribution in [0.15, 0.2) is 48.5 Å². The number of fused-ring (bicyclic) bond motifs is 2. The van der Waals surface area contributed by atoms with Crippen molar-refractivity contribution in [3.63, 3.8) is 0 Å². The van der Waals surface area contributed by atoms with E-state index >= 15 is 0 Å². The first-order valence-electron chi connectivity index (χ1n) is 10.7. The van der Waals surface area contributed by atoms with Crippen LogP contribution in [0.2, 0.25) is 0 Å². The Morgan fingerprint density at radius 2 is 1.67 bits per heavy atom. The first-order chi connectivity index (χ1) is 14.4.